The number of nitrogens with zero attached hydrogens (tertiary/aromatic N) is 4. The summed E-state index contributed by atoms with van der Waals surface area (Å²) in [5.41, 5.74) is 4.40. The second-order valence-corrected chi connectivity index (χ2v) is 7.57. The Labute approximate surface area is 165 Å². The molecule has 2 aromatic heterocycles. The SMILES string of the molecule is Cc1ccc(C)c(-n2nnnc2SCc2cc(=O)oc3c(C)c(O)ccc23)c1. The molecule has 1 N–H and O–H groups in total. The molecule has 0 amide bonds. The van der Waals surface area contributed by atoms with E-state index < -0.39 is 5.63 Å². The third-order valence-corrected chi connectivity index (χ3v) is 5.58. The van der Waals surface area contributed by atoms with Crippen LogP contribution in [0, 0.1) is 20.8 Å². The van der Waals surface area contributed by atoms with Gasteiger partial charge in [-0.1, -0.05) is 23.9 Å². The topological polar surface area (TPSA) is 94.0 Å². The Kier molecular flexibility index (Phi) is 4.64. The van der Waals surface area contributed by atoms with E-state index in [9.17, 15) is 9.90 Å². The van der Waals surface area contributed by atoms with Crippen LogP contribution in [0.5, 0.6) is 5.75 Å². The lowest BCUT2D eigenvalue weighted by Crippen LogP contribution is -2.03. The maximum absolute atomic E-state index is 12.0. The van der Waals surface area contributed by atoms with Crippen LogP contribution in [-0.2, 0) is 5.75 Å². The average molecular weight is 394 g/mol. The van der Waals surface area contributed by atoms with Gasteiger partial charge in [-0.2, -0.15) is 4.68 Å². The molecule has 0 saturated carbocycles. The molecule has 0 aliphatic rings. The van der Waals surface area contributed by atoms with Gasteiger partial charge in [0.1, 0.15) is 11.3 Å². The summed E-state index contributed by atoms with van der Waals surface area (Å²) in [4.78, 5) is 12.0. The maximum atomic E-state index is 12.0. The molecule has 0 radical (unpaired) electrons. The minimum atomic E-state index is -0.453. The van der Waals surface area contributed by atoms with E-state index in [1.54, 1.807) is 23.7 Å². The first-order valence-electron chi connectivity index (χ1n) is 8.68. The van der Waals surface area contributed by atoms with Gasteiger partial charge in [-0.05, 0) is 66.1 Å². The molecular weight excluding hydrogens is 376 g/mol. The number of aryl methyl sites for hydroxylation is 3. The number of aromatic hydroxyl groups is 1. The molecule has 0 saturated heterocycles. The highest BCUT2D eigenvalue weighted by Gasteiger charge is 2.15. The van der Waals surface area contributed by atoms with E-state index in [4.69, 9.17) is 4.42 Å². The van der Waals surface area contributed by atoms with Gasteiger partial charge >= 0.3 is 5.63 Å². The highest BCUT2D eigenvalue weighted by Crippen LogP contribution is 2.31. The fourth-order valence-corrected chi connectivity index (χ4v) is 3.92. The summed E-state index contributed by atoms with van der Waals surface area (Å²) in [6.07, 6.45) is 0. The first-order chi connectivity index (χ1) is 13.4. The molecule has 0 aliphatic carbocycles. The summed E-state index contributed by atoms with van der Waals surface area (Å²) in [6, 6.07) is 10.9. The summed E-state index contributed by atoms with van der Waals surface area (Å²) in [7, 11) is 0. The highest BCUT2D eigenvalue weighted by molar-refractivity contribution is 7.98. The van der Waals surface area contributed by atoms with Gasteiger partial charge in [0.15, 0.2) is 0 Å². The number of hydrogen-bond acceptors (Lipinski definition) is 7. The zero-order valence-electron chi connectivity index (χ0n) is 15.6. The van der Waals surface area contributed by atoms with Crippen molar-refractivity contribution >= 4 is 22.7 Å². The molecule has 0 fully saturated rings. The maximum Gasteiger partial charge on any atom is 0.336 e. The van der Waals surface area contributed by atoms with Crippen molar-refractivity contribution < 1.29 is 9.52 Å². The molecule has 0 bridgehead atoms. The Morgan fingerprint density at radius 2 is 1.96 bits per heavy atom. The van der Waals surface area contributed by atoms with Gasteiger partial charge in [0.25, 0.3) is 0 Å². The van der Waals surface area contributed by atoms with Crippen molar-refractivity contribution in [3.63, 3.8) is 0 Å². The van der Waals surface area contributed by atoms with Crippen molar-refractivity contribution in [2.45, 2.75) is 31.7 Å². The van der Waals surface area contributed by atoms with Gasteiger partial charge in [0.05, 0.1) is 5.69 Å². The lowest BCUT2D eigenvalue weighted by atomic mass is 10.1. The summed E-state index contributed by atoms with van der Waals surface area (Å²) >= 11 is 1.43. The Hall–Kier alpha value is -3.13. The smallest absolute Gasteiger partial charge is 0.336 e. The van der Waals surface area contributed by atoms with E-state index in [-0.39, 0.29) is 5.75 Å². The molecule has 0 spiro atoms. The molecule has 2 heterocycles. The number of phenols is 1. The van der Waals surface area contributed by atoms with Crippen LogP contribution in [0.3, 0.4) is 0 Å². The van der Waals surface area contributed by atoms with E-state index in [0.29, 0.717) is 22.1 Å². The zero-order chi connectivity index (χ0) is 19.8. The number of thioether (sulfide) groups is 1. The third-order valence-electron chi connectivity index (χ3n) is 4.61. The third kappa shape index (κ3) is 3.27. The van der Waals surface area contributed by atoms with Crippen LogP contribution in [0.25, 0.3) is 16.7 Å². The normalized spacial score (nSPS) is 11.2. The van der Waals surface area contributed by atoms with Crippen molar-refractivity contribution in [2.75, 3.05) is 0 Å². The van der Waals surface area contributed by atoms with Crippen molar-refractivity contribution in [3.8, 4) is 11.4 Å². The number of hydrogen-bond donors (Lipinski definition) is 1. The van der Waals surface area contributed by atoms with Gasteiger partial charge in [-0.15, -0.1) is 5.10 Å². The van der Waals surface area contributed by atoms with Gasteiger partial charge in [-0.25, -0.2) is 4.79 Å². The summed E-state index contributed by atoms with van der Waals surface area (Å²) in [6.45, 7) is 5.75. The van der Waals surface area contributed by atoms with E-state index in [1.807, 2.05) is 32.0 Å². The predicted octanol–water partition coefficient (Wildman–Crippen LogP) is 3.69. The minimum absolute atomic E-state index is 0.0966. The van der Waals surface area contributed by atoms with Gasteiger partial charge in [-0.3, -0.25) is 0 Å². The summed E-state index contributed by atoms with van der Waals surface area (Å²) in [5, 5.41) is 23.4. The Bertz CT molecular complexity index is 1250. The first-order valence-corrected chi connectivity index (χ1v) is 9.66. The molecule has 28 heavy (non-hydrogen) atoms. The van der Waals surface area contributed by atoms with Crippen molar-refractivity contribution in [3.05, 3.63) is 69.1 Å². The van der Waals surface area contributed by atoms with E-state index >= 15 is 0 Å². The second-order valence-electron chi connectivity index (χ2n) is 6.63. The molecule has 0 unspecified atom stereocenters. The van der Waals surface area contributed by atoms with E-state index in [2.05, 4.69) is 15.5 Å². The van der Waals surface area contributed by atoms with Crippen LogP contribution in [0.4, 0.5) is 0 Å². The molecule has 4 rings (SSSR count). The Balaban J connectivity index is 1.70. The molecule has 4 aromatic rings. The van der Waals surface area contributed by atoms with Crippen LogP contribution >= 0.6 is 11.8 Å². The average Bonchev–Trinajstić information content (AvgIpc) is 3.13. The first kappa shape index (κ1) is 18.2. The fraction of sp³-hybridized carbons (Fsp3) is 0.200. The summed E-state index contributed by atoms with van der Waals surface area (Å²) in [5.74, 6) is 0.580. The predicted molar refractivity (Wildman–Crippen MR) is 107 cm³/mol. The van der Waals surface area contributed by atoms with Crippen molar-refractivity contribution in [1.29, 1.82) is 0 Å². The largest absolute Gasteiger partial charge is 0.508 e. The van der Waals surface area contributed by atoms with E-state index in [0.717, 1.165) is 27.8 Å². The number of phenolic OH excluding ortho intramolecular Hbond substituents is 1. The second kappa shape index (κ2) is 7.12. The molecule has 0 atom stereocenters. The zero-order valence-corrected chi connectivity index (χ0v) is 16.4. The van der Waals surface area contributed by atoms with Gasteiger partial charge in [0, 0.05) is 22.8 Å². The van der Waals surface area contributed by atoms with Crippen LogP contribution in [-0.4, -0.2) is 25.3 Å². The van der Waals surface area contributed by atoms with Crippen molar-refractivity contribution in [1.82, 2.24) is 20.2 Å². The number of aromatic nitrogens is 4. The molecule has 0 aliphatic heterocycles. The molecular formula is C20H18N4O3S. The fourth-order valence-electron chi connectivity index (χ4n) is 3.05. The molecule has 7 nitrogen and oxygen atoms in total. The van der Waals surface area contributed by atoms with Gasteiger partial charge in [0.2, 0.25) is 5.16 Å². The van der Waals surface area contributed by atoms with Crippen LogP contribution in [0.1, 0.15) is 22.3 Å². The summed E-state index contributed by atoms with van der Waals surface area (Å²) < 4.78 is 7.01. The standard InChI is InChI=1S/C20H18N4O3S/c1-11-4-5-12(2)16(8-11)24-20(21-22-23-24)28-10-14-9-18(26)27-19-13(3)17(25)7-6-15(14)19/h4-9,25H,10H2,1-3H3. The van der Waals surface area contributed by atoms with E-state index in [1.165, 1.54) is 17.8 Å². The quantitative estimate of drug-likeness (QED) is 0.417. The Morgan fingerprint density at radius 3 is 2.79 bits per heavy atom. The lowest BCUT2D eigenvalue weighted by molar-refractivity contribution is 0.468. The van der Waals surface area contributed by atoms with Crippen LogP contribution in [0.2, 0.25) is 0 Å². The number of tetrazole rings is 1. The molecule has 8 heteroatoms. The highest BCUT2D eigenvalue weighted by atomic mass is 32.2. The molecule has 142 valence electrons. The Morgan fingerprint density at radius 1 is 1.14 bits per heavy atom. The van der Waals surface area contributed by atoms with Crippen LogP contribution < -0.4 is 5.63 Å². The van der Waals surface area contributed by atoms with Crippen LogP contribution in [0.15, 0.2) is 50.8 Å². The number of rotatable bonds is 4. The monoisotopic (exact) mass is 394 g/mol. The van der Waals surface area contributed by atoms with Gasteiger partial charge < -0.3 is 9.52 Å². The number of benzene rings is 2. The number of fused-ring (bicyclic) bond motifs is 1. The molecule has 2 aromatic carbocycles. The lowest BCUT2D eigenvalue weighted by Gasteiger charge is -2.10. The minimum Gasteiger partial charge on any atom is -0.508 e. The van der Waals surface area contributed by atoms with Crippen molar-refractivity contribution in [2.24, 2.45) is 0 Å².